The van der Waals surface area contributed by atoms with E-state index in [-0.39, 0.29) is 16.2 Å². The number of nitrogens with one attached hydrogen (secondary N) is 1. The van der Waals surface area contributed by atoms with E-state index in [1.165, 1.54) is 5.56 Å². The van der Waals surface area contributed by atoms with Crippen LogP contribution >= 0.6 is 0 Å². The van der Waals surface area contributed by atoms with E-state index in [1.807, 2.05) is 50.2 Å². The third-order valence-electron chi connectivity index (χ3n) is 4.93. The average molecular weight is 387 g/mol. The Balaban J connectivity index is 1.94. The van der Waals surface area contributed by atoms with Crippen LogP contribution in [0.4, 0.5) is 0 Å². The topological polar surface area (TPSA) is 67.8 Å². The molecule has 0 amide bonds. The average Bonchev–Trinajstić information content (AvgIpc) is 2.93. The molecule has 0 bridgehead atoms. The lowest BCUT2D eigenvalue weighted by Crippen LogP contribution is -2.39. The molecule has 5 nitrogen and oxygen atoms in total. The van der Waals surface area contributed by atoms with E-state index in [4.69, 9.17) is 4.84 Å². The first kappa shape index (κ1) is 19.6. The van der Waals surface area contributed by atoms with Gasteiger partial charge in [0.2, 0.25) is 10.0 Å². The lowest BCUT2D eigenvalue weighted by Gasteiger charge is -2.20. The Kier molecular flexibility index (Phi) is 5.14. The van der Waals surface area contributed by atoms with Crippen molar-refractivity contribution in [1.82, 2.24) is 4.72 Å². The molecule has 0 aromatic heterocycles. The normalized spacial score (nSPS) is 20.3. The third-order valence-corrected chi connectivity index (χ3v) is 6.41. The minimum absolute atomic E-state index is 0.0412. The predicted octanol–water partition coefficient (Wildman–Crippen LogP) is 4.30. The number of oxime groups is 1. The maximum atomic E-state index is 13.0. The fourth-order valence-corrected chi connectivity index (χ4v) is 4.38. The zero-order valence-corrected chi connectivity index (χ0v) is 17.2. The van der Waals surface area contributed by atoms with Gasteiger partial charge < -0.3 is 4.84 Å². The third kappa shape index (κ3) is 4.06. The first-order valence-electron chi connectivity index (χ1n) is 9.02. The monoisotopic (exact) mass is 386 g/mol. The summed E-state index contributed by atoms with van der Waals surface area (Å²) in [5.41, 5.74) is 3.53. The van der Waals surface area contributed by atoms with Gasteiger partial charge in [-0.15, -0.1) is 0 Å². The van der Waals surface area contributed by atoms with Gasteiger partial charge in [0.25, 0.3) is 0 Å². The van der Waals surface area contributed by atoms with Gasteiger partial charge in [0.15, 0.2) is 6.23 Å². The molecule has 1 N–H and O–H groups in total. The molecule has 1 aliphatic rings. The summed E-state index contributed by atoms with van der Waals surface area (Å²) >= 11 is 0. The van der Waals surface area contributed by atoms with E-state index in [1.54, 1.807) is 12.1 Å². The number of nitrogens with zero attached hydrogens (tertiary/aromatic N) is 1. The van der Waals surface area contributed by atoms with Crippen LogP contribution in [0.1, 0.15) is 40.2 Å². The molecule has 27 heavy (non-hydrogen) atoms. The Morgan fingerprint density at radius 3 is 2.22 bits per heavy atom. The van der Waals surface area contributed by atoms with E-state index in [9.17, 15) is 8.42 Å². The van der Waals surface area contributed by atoms with E-state index in [0.717, 1.165) is 11.3 Å². The Morgan fingerprint density at radius 2 is 1.67 bits per heavy atom. The van der Waals surface area contributed by atoms with Crippen molar-refractivity contribution in [3.05, 3.63) is 54.1 Å². The quantitative estimate of drug-likeness (QED) is 0.852. The van der Waals surface area contributed by atoms with Crippen LogP contribution in [0.15, 0.2) is 58.6 Å². The van der Waals surface area contributed by atoms with Crippen LogP contribution in [0.25, 0.3) is 11.1 Å². The van der Waals surface area contributed by atoms with Gasteiger partial charge in [-0.2, -0.15) is 4.72 Å². The van der Waals surface area contributed by atoms with Crippen LogP contribution in [0.2, 0.25) is 0 Å². The van der Waals surface area contributed by atoms with Crippen LogP contribution in [0, 0.1) is 5.92 Å². The lowest BCUT2D eigenvalue weighted by molar-refractivity contribution is 0.0576. The zero-order chi connectivity index (χ0) is 19.8. The molecule has 2 aromatic rings. The molecule has 144 valence electrons. The standard InChI is InChI=1S/C21H26N2O3S/c1-14-15(2)22-26-20(14)23-27(24,25)19-9-7-6-8-18(19)16-10-12-17(13-11-16)21(3,4)5/h6-14,20,23H,1-5H3. The highest BCUT2D eigenvalue weighted by Gasteiger charge is 2.33. The summed E-state index contributed by atoms with van der Waals surface area (Å²) in [6.07, 6.45) is -0.689. The Bertz CT molecular complexity index is 958. The highest BCUT2D eigenvalue weighted by Crippen LogP contribution is 2.30. The second kappa shape index (κ2) is 7.09. The fraction of sp³-hybridized carbons (Fsp3) is 0.381. The molecule has 2 atom stereocenters. The van der Waals surface area contributed by atoms with Crippen LogP contribution in [-0.4, -0.2) is 20.4 Å². The van der Waals surface area contributed by atoms with Crippen LogP contribution in [0.3, 0.4) is 0 Å². The van der Waals surface area contributed by atoms with Crippen molar-refractivity contribution in [3.8, 4) is 11.1 Å². The Hall–Kier alpha value is -2.18. The number of sulfonamides is 1. The Morgan fingerprint density at radius 1 is 1.04 bits per heavy atom. The molecule has 1 heterocycles. The smallest absolute Gasteiger partial charge is 0.244 e. The van der Waals surface area contributed by atoms with Crippen molar-refractivity contribution in [2.75, 3.05) is 0 Å². The van der Waals surface area contributed by atoms with Gasteiger partial charge in [-0.1, -0.05) is 75.3 Å². The number of rotatable bonds is 4. The number of hydrogen-bond acceptors (Lipinski definition) is 4. The summed E-state index contributed by atoms with van der Waals surface area (Å²) in [6.45, 7) is 10.2. The molecule has 0 aliphatic carbocycles. The van der Waals surface area contributed by atoms with E-state index < -0.39 is 16.3 Å². The first-order valence-corrected chi connectivity index (χ1v) is 10.5. The SMILES string of the molecule is CC1=NOC(NS(=O)(=O)c2ccccc2-c2ccc(C(C)(C)C)cc2)C1C. The van der Waals surface area contributed by atoms with E-state index >= 15 is 0 Å². The van der Waals surface area contributed by atoms with Crippen LogP contribution < -0.4 is 4.72 Å². The molecule has 0 saturated heterocycles. The number of hydrogen-bond donors (Lipinski definition) is 1. The minimum atomic E-state index is -3.77. The molecule has 2 unspecified atom stereocenters. The van der Waals surface area contributed by atoms with Gasteiger partial charge in [0.05, 0.1) is 16.5 Å². The highest BCUT2D eigenvalue weighted by atomic mass is 32.2. The van der Waals surface area contributed by atoms with Crippen molar-refractivity contribution in [2.45, 2.75) is 51.2 Å². The molecule has 0 saturated carbocycles. The highest BCUT2D eigenvalue weighted by molar-refractivity contribution is 7.89. The summed E-state index contributed by atoms with van der Waals surface area (Å²) in [4.78, 5) is 5.46. The molecular formula is C21H26N2O3S. The van der Waals surface area contributed by atoms with Crippen molar-refractivity contribution in [3.63, 3.8) is 0 Å². The second-order valence-electron chi connectivity index (χ2n) is 7.99. The van der Waals surface area contributed by atoms with E-state index in [0.29, 0.717) is 5.56 Å². The molecule has 3 rings (SSSR count). The molecule has 0 fully saturated rings. The molecule has 2 aromatic carbocycles. The summed E-state index contributed by atoms with van der Waals surface area (Å²) < 4.78 is 28.7. The van der Waals surface area contributed by atoms with Gasteiger partial charge in [0, 0.05) is 5.56 Å². The molecule has 6 heteroatoms. The van der Waals surface area contributed by atoms with Gasteiger partial charge in [-0.3, -0.25) is 0 Å². The van der Waals surface area contributed by atoms with Gasteiger partial charge >= 0.3 is 0 Å². The molecule has 1 aliphatic heterocycles. The fourth-order valence-electron chi connectivity index (χ4n) is 2.96. The summed E-state index contributed by atoms with van der Waals surface area (Å²) in [7, 11) is -3.77. The summed E-state index contributed by atoms with van der Waals surface area (Å²) in [5.74, 6) is -0.113. The van der Waals surface area contributed by atoms with Crippen molar-refractivity contribution < 1.29 is 13.3 Å². The lowest BCUT2D eigenvalue weighted by atomic mass is 9.86. The summed E-state index contributed by atoms with van der Waals surface area (Å²) in [5, 5.41) is 3.88. The molecule has 0 spiro atoms. The van der Waals surface area contributed by atoms with E-state index in [2.05, 4.69) is 30.6 Å². The van der Waals surface area contributed by atoms with Crippen molar-refractivity contribution >= 4 is 15.7 Å². The first-order chi connectivity index (χ1) is 12.6. The van der Waals surface area contributed by atoms with Gasteiger partial charge in [-0.25, -0.2) is 8.42 Å². The second-order valence-corrected chi connectivity index (χ2v) is 9.67. The minimum Gasteiger partial charge on any atom is -0.375 e. The maximum Gasteiger partial charge on any atom is 0.244 e. The molecular weight excluding hydrogens is 360 g/mol. The summed E-state index contributed by atoms with van der Waals surface area (Å²) in [6, 6.07) is 15.0. The maximum absolute atomic E-state index is 13.0. The number of benzene rings is 2. The predicted molar refractivity (Wildman–Crippen MR) is 108 cm³/mol. The van der Waals surface area contributed by atoms with Crippen molar-refractivity contribution in [2.24, 2.45) is 11.1 Å². The largest absolute Gasteiger partial charge is 0.375 e. The van der Waals surface area contributed by atoms with Gasteiger partial charge in [-0.05, 0) is 29.5 Å². The van der Waals surface area contributed by atoms with Gasteiger partial charge in [0.1, 0.15) is 0 Å². The van der Waals surface area contributed by atoms with Crippen LogP contribution in [0.5, 0.6) is 0 Å². The zero-order valence-electron chi connectivity index (χ0n) is 16.4. The van der Waals surface area contributed by atoms with Crippen molar-refractivity contribution in [1.29, 1.82) is 0 Å². The Labute approximate surface area is 161 Å². The van der Waals surface area contributed by atoms with Crippen LogP contribution in [-0.2, 0) is 20.3 Å². The molecule has 0 radical (unpaired) electrons.